The maximum Gasteiger partial charge on any atom is -0.0514 e. The summed E-state index contributed by atoms with van der Waals surface area (Å²) in [5.41, 5.74) is 11.7. The number of fused-ring (bicyclic) bond motifs is 3. The van der Waals surface area contributed by atoms with E-state index in [2.05, 4.69) is 236 Å². The van der Waals surface area contributed by atoms with E-state index in [0.717, 1.165) is 50.1 Å². The Hall–Kier alpha value is -8.45. The van der Waals surface area contributed by atoms with Crippen molar-refractivity contribution in [1.29, 1.82) is 0 Å². The van der Waals surface area contributed by atoms with Crippen LogP contribution in [0.3, 0.4) is 0 Å². The van der Waals surface area contributed by atoms with Crippen LogP contribution in [0, 0.1) is 6.92 Å². The molecular weight excluding hydrogens is 897 g/mol. The Bertz CT molecular complexity index is 3620. The minimum Gasteiger partial charge on any atom is -0.0514 e. The third-order valence-corrected chi connectivity index (χ3v) is 23.5. The zero-order valence-corrected chi connectivity index (χ0v) is 40.2. The molecule has 0 bridgehead atoms. The zero-order valence-electron chi connectivity index (χ0n) is 38.1. The number of benzene rings is 10. The van der Waals surface area contributed by atoms with E-state index in [1.165, 1.54) is 39.5 Å². The summed E-state index contributed by atoms with van der Waals surface area (Å²) in [5, 5.41) is 2.36. The predicted molar refractivity (Wildman–Crippen MR) is 290 cm³/mol. The predicted octanol–water partition coefficient (Wildman–Crippen LogP) is 13.0. The minimum absolute atomic E-state index is 0.598. The van der Waals surface area contributed by atoms with Crippen LogP contribution in [0.4, 0.5) is 0 Å². The summed E-state index contributed by atoms with van der Waals surface area (Å²) < 4.78 is 7.91. The Morgan fingerprint density at radius 1 is 0.304 bits per heavy atom. The molecule has 10 aromatic carbocycles. The first-order chi connectivity index (χ1) is 34.1. The summed E-state index contributed by atoms with van der Waals surface area (Å²) in [6.07, 6.45) is 0. The van der Waals surface area contributed by atoms with E-state index >= 15 is 0 Å². The Balaban J connectivity index is 1.14. The van der Waals surface area contributed by atoms with Crippen molar-refractivity contribution in [1.82, 2.24) is 19.5 Å². The number of hydrogen-bond acceptors (Lipinski definition) is 3. The van der Waals surface area contributed by atoms with Gasteiger partial charge in [0.1, 0.15) is 0 Å². The number of nitrogens with zero attached hydrogens (tertiary/aromatic N) is 4. The zero-order chi connectivity index (χ0) is 46.2. The average molecular weight is 944 g/mol. The summed E-state index contributed by atoms with van der Waals surface area (Å²) in [4.78, 5) is 15.9. The molecule has 12 aromatic rings. The minimum atomic E-state index is -3.60. The Kier molecular flexibility index (Phi) is 10.9. The van der Waals surface area contributed by atoms with Gasteiger partial charge in [0.15, 0.2) is 0 Å². The van der Waals surface area contributed by atoms with Crippen LogP contribution in [0.1, 0.15) is 5.56 Å². The van der Waals surface area contributed by atoms with Gasteiger partial charge in [-0.25, -0.2) is 0 Å². The molecule has 0 amide bonds. The molecule has 0 spiro atoms. The largest absolute Gasteiger partial charge is 0.0514 e. The molecule has 0 N–H and O–H groups in total. The van der Waals surface area contributed by atoms with Gasteiger partial charge in [-0.15, -0.1) is 0 Å². The molecule has 0 fully saturated rings. The molecule has 326 valence electrons. The topological polar surface area (TPSA) is 43.6 Å². The van der Waals surface area contributed by atoms with Crippen LogP contribution in [0.5, 0.6) is 0 Å². The van der Waals surface area contributed by atoms with Crippen molar-refractivity contribution in [2.75, 3.05) is 0 Å². The van der Waals surface area contributed by atoms with Crippen LogP contribution in [-0.2, 0) is 0 Å². The number of rotatable bonds is 10. The van der Waals surface area contributed by atoms with E-state index in [-0.39, 0.29) is 0 Å². The molecule has 0 aliphatic carbocycles. The van der Waals surface area contributed by atoms with Gasteiger partial charge in [-0.3, -0.25) is 0 Å². The Labute approximate surface area is 405 Å². The van der Waals surface area contributed by atoms with Crippen LogP contribution < -0.4 is 17.6 Å². The summed E-state index contributed by atoms with van der Waals surface area (Å²) >= 11 is -3.60. The number of para-hydroxylation sites is 1. The smallest absolute Gasteiger partial charge is 0.0514 e. The van der Waals surface area contributed by atoms with E-state index in [0.29, 0.717) is 17.5 Å². The number of hydrogen-bond donors (Lipinski definition) is 0. The molecule has 0 saturated carbocycles. The van der Waals surface area contributed by atoms with Crippen molar-refractivity contribution in [3.8, 4) is 62.1 Å². The van der Waals surface area contributed by atoms with Gasteiger partial charge in [-0.2, -0.15) is 0 Å². The third kappa shape index (κ3) is 7.65. The molecule has 2 aromatic heterocycles. The molecule has 0 aliphatic rings. The van der Waals surface area contributed by atoms with Crippen LogP contribution >= 0.6 is 0 Å². The van der Waals surface area contributed by atoms with Crippen molar-refractivity contribution < 1.29 is 0 Å². The van der Waals surface area contributed by atoms with Crippen molar-refractivity contribution in [2.24, 2.45) is 0 Å². The summed E-state index contributed by atoms with van der Waals surface area (Å²) in [5.74, 6) is 1.84. The molecule has 4 nitrogen and oxygen atoms in total. The average Bonchev–Trinajstić information content (AvgIpc) is 3.76. The van der Waals surface area contributed by atoms with Gasteiger partial charge in [-0.1, -0.05) is 42.0 Å². The fraction of sp³-hybridized carbons (Fsp3) is 0.0156. The third-order valence-electron chi connectivity index (χ3n) is 13.5. The summed E-state index contributed by atoms with van der Waals surface area (Å²) in [7, 11) is 0. The van der Waals surface area contributed by atoms with E-state index in [9.17, 15) is 0 Å². The van der Waals surface area contributed by atoms with E-state index < -0.39 is 13.3 Å². The van der Waals surface area contributed by atoms with Crippen molar-refractivity contribution in [3.63, 3.8) is 0 Å². The first kappa shape index (κ1) is 41.9. The van der Waals surface area contributed by atoms with Gasteiger partial charge >= 0.3 is 359 Å². The van der Waals surface area contributed by atoms with Crippen molar-refractivity contribution in [2.45, 2.75) is 6.92 Å². The molecule has 5 heteroatoms. The van der Waals surface area contributed by atoms with E-state index in [1.54, 1.807) is 0 Å². The summed E-state index contributed by atoms with van der Waals surface area (Å²) in [6.45, 7) is 2.15. The molecule has 0 aliphatic heterocycles. The van der Waals surface area contributed by atoms with E-state index in [4.69, 9.17) is 15.0 Å². The van der Waals surface area contributed by atoms with E-state index in [1.807, 2.05) is 36.4 Å². The fourth-order valence-electron chi connectivity index (χ4n) is 10.2. The Morgan fingerprint density at radius 3 is 1.33 bits per heavy atom. The van der Waals surface area contributed by atoms with Crippen LogP contribution in [0.25, 0.3) is 83.9 Å². The van der Waals surface area contributed by atoms with Crippen LogP contribution in [0.15, 0.2) is 261 Å². The van der Waals surface area contributed by atoms with Gasteiger partial charge in [-0.05, 0) is 6.92 Å². The molecule has 0 unspecified atom stereocenters. The molecule has 0 radical (unpaired) electrons. The normalized spacial score (nSPS) is 11.6. The monoisotopic (exact) mass is 944 g/mol. The molecule has 2 heterocycles. The van der Waals surface area contributed by atoms with Crippen molar-refractivity contribution in [3.05, 3.63) is 266 Å². The second-order valence-corrected chi connectivity index (χ2v) is 25.6. The van der Waals surface area contributed by atoms with Gasteiger partial charge < -0.3 is 0 Å². The second-order valence-electron chi connectivity index (χ2n) is 17.7. The maximum atomic E-state index is 5.39. The van der Waals surface area contributed by atoms with Gasteiger partial charge in [0.2, 0.25) is 0 Å². The first-order valence-electron chi connectivity index (χ1n) is 23.5. The Morgan fingerprint density at radius 2 is 0.739 bits per heavy atom. The number of aromatic nitrogens is 4. The first-order valence-corrected chi connectivity index (χ1v) is 27.7. The second kappa shape index (κ2) is 18.0. The molecule has 0 saturated heterocycles. The maximum absolute atomic E-state index is 5.39. The van der Waals surface area contributed by atoms with Gasteiger partial charge in [0.25, 0.3) is 0 Å². The molecular formula is C64H46GeN4. The van der Waals surface area contributed by atoms with Crippen molar-refractivity contribution >= 4 is 52.7 Å². The van der Waals surface area contributed by atoms with Gasteiger partial charge in [0.05, 0.1) is 0 Å². The van der Waals surface area contributed by atoms with Crippen LogP contribution in [-0.4, -0.2) is 32.8 Å². The van der Waals surface area contributed by atoms with Crippen LogP contribution in [0.2, 0.25) is 0 Å². The van der Waals surface area contributed by atoms with Gasteiger partial charge in [0, 0.05) is 0 Å². The number of aryl methyl sites for hydroxylation is 1. The molecule has 69 heavy (non-hydrogen) atoms. The molecule has 0 atom stereocenters. The quantitative estimate of drug-likeness (QED) is 0.128. The fourth-order valence-corrected chi connectivity index (χ4v) is 20.3. The standard InChI is InChI=1S/C64H46GeN4/c1-45-21-19-26-48(41-45)51-37-39-57-56-35-17-18-36-59(56)69(61(57)44-51)60-40-38-50(43-58(60)64-67-62(46-22-7-2-8-23-46)66-63(68-64)47-24-9-3-10-25-47)49-27-20-34-55(42-49)65(52-28-11-4-12-29-52,53-30-13-5-14-31-53)54-32-15-6-16-33-54/h2-44H,1H3. The summed E-state index contributed by atoms with van der Waals surface area (Å²) in [6, 6.07) is 94.5. The SMILES string of the molecule is Cc1cccc(-c2ccc3c4ccccc4n(-c4ccc(-c5ccc[c]([Ge]([c]6ccccc6)([c]6ccccc6)[c]6ccccc6)c5)cc4-c4nc(-c5ccccc5)nc(-c5ccccc5)n4)c3c2)c1. The molecule has 12 rings (SSSR count).